The molecule has 1 aromatic heterocycles. The van der Waals surface area contributed by atoms with Gasteiger partial charge in [-0.3, -0.25) is 14.9 Å². The van der Waals surface area contributed by atoms with Crippen molar-refractivity contribution in [3.63, 3.8) is 0 Å². The van der Waals surface area contributed by atoms with E-state index in [1.807, 2.05) is 18.3 Å². The average molecular weight is 352 g/mol. The number of amides is 3. The van der Waals surface area contributed by atoms with Gasteiger partial charge in [-0.1, -0.05) is 36.4 Å². The maximum absolute atomic E-state index is 12.9. The number of hydrogen-bond acceptors (Lipinski definition) is 5. The highest BCUT2D eigenvalue weighted by Gasteiger charge is 2.19. The smallest absolute Gasteiger partial charge is 0.318 e. The molecule has 0 bridgehead atoms. The molecule has 7 heteroatoms. The molecule has 3 amide bonds. The van der Waals surface area contributed by atoms with Gasteiger partial charge in [0.15, 0.2) is 12.4 Å². The van der Waals surface area contributed by atoms with Crippen LogP contribution in [-0.2, 0) is 4.79 Å². The molecule has 0 saturated heterocycles. The summed E-state index contributed by atoms with van der Waals surface area (Å²) in [4.78, 5) is 35.2. The number of nitrogens with two attached hydrogens (primary N) is 1. The number of ether oxygens (including phenoxy) is 1. The zero-order valence-corrected chi connectivity index (χ0v) is 13.9. The first kappa shape index (κ1) is 17.2. The van der Waals surface area contributed by atoms with Crippen molar-refractivity contribution in [3.05, 3.63) is 64.3 Å². The van der Waals surface area contributed by atoms with Crippen molar-refractivity contribution in [2.45, 2.75) is 6.92 Å². The molecule has 0 fully saturated rings. The predicted octanol–water partition coefficient (Wildman–Crippen LogP) is 2.34. The van der Waals surface area contributed by atoms with Crippen LogP contribution in [0.4, 0.5) is 4.79 Å². The summed E-state index contributed by atoms with van der Waals surface area (Å²) in [5.74, 6) is -0.660. The number of carbonyl (C=O) groups is 2. The second kappa shape index (κ2) is 7.10. The summed E-state index contributed by atoms with van der Waals surface area (Å²) in [6, 6.07) is 13.1. The van der Waals surface area contributed by atoms with Crippen molar-refractivity contribution in [2.24, 2.45) is 5.73 Å². The number of benzene rings is 2. The quantitative estimate of drug-likeness (QED) is 0.748. The Morgan fingerprint density at radius 2 is 1.88 bits per heavy atom. The van der Waals surface area contributed by atoms with Gasteiger partial charge < -0.3 is 14.9 Å². The molecule has 7 nitrogen and oxygen atoms in total. The zero-order chi connectivity index (χ0) is 18.7. The molecule has 132 valence electrons. The van der Waals surface area contributed by atoms with E-state index in [2.05, 4.69) is 0 Å². The van der Waals surface area contributed by atoms with Crippen LogP contribution in [0.25, 0.3) is 22.3 Å². The van der Waals surface area contributed by atoms with Crippen molar-refractivity contribution < 1.29 is 18.7 Å². The van der Waals surface area contributed by atoms with Gasteiger partial charge in [-0.25, -0.2) is 4.79 Å². The van der Waals surface area contributed by atoms with Crippen LogP contribution in [0.2, 0.25) is 0 Å². The minimum Gasteiger partial charge on any atom is -0.476 e. The van der Waals surface area contributed by atoms with Crippen molar-refractivity contribution in [2.75, 3.05) is 6.61 Å². The highest BCUT2D eigenvalue weighted by molar-refractivity contribution is 5.94. The van der Waals surface area contributed by atoms with Crippen LogP contribution in [0.15, 0.2) is 57.7 Å². The van der Waals surface area contributed by atoms with Crippen molar-refractivity contribution in [3.8, 4) is 17.1 Å². The lowest BCUT2D eigenvalue weighted by Gasteiger charge is -2.11. The number of hydrogen-bond donors (Lipinski definition) is 2. The number of fused-ring (bicyclic) bond motifs is 1. The van der Waals surface area contributed by atoms with Crippen molar-refractivity contribution >= 4 is 22.9 Å². The summed E-state index contributed by atoms with van der Waals surface area (Å²) in [6.45, 7) is 1.34. The Morgan fingerprint density at radius 3 is 2.58 bits per heavy atom. The van der Waals surface area contributed by atoms with E-state index in [0.29, 0.717) is 16.5 Å². The van der Waals surface area contributed by atoms with E-state index in [1.165, 1.54) is 0 Å². The third-order valence-electron chi connectivity index (χ3n) is 3.65. The molecule has 0 aliphatic rings. The van der Waals surface area contributed by atoms with E-state index in [0.717, 1.165) is 5.56 Å². The SMILES string of the molecule is Cc1ccc2c(=O)c(OCC(=O)NC(N)=O)c(-c3ccccc3)oc2c1. The number of carbonyl (C=O) groups excluding carboxylic acids is 2. The minimum absolute atomic E-state index is 0.104. The summed E-state index contributed by atoms with van der Waals surface area (Å²) in [6.07, 6.45) is 0. The lowest BCUT2D eigenvalue weighted by atomic mass is 10.1. The lowest BCUT2D eigenvalue weighted by molar-refractivity contribution is -0.121. The Morgan fingerprint density at radius 1 is 1.15 bits per heavy atom. The highest BCUT2D eigenvalue weighted by Crippen LogP contribution is 2.31. The second-order valence-corrected chi connectivity index (χ2v) is 5.66. The molecule has 0 spiro atoms. The Kier molecular flexibility index (Phi) is 4.70. The Hall–Kier alpha value is -3.61. The van der Waals surface area contributed by atoms with Crippen LogP contribution in [-0.4, -0.2) is 18.5 Å². The second-order valence-electron chi connectivity index (χ2n) is 5.66. The van der Waals surface area contributed by atoms with Crippen LogP contribution in [0, 0.1) is 6.92 Å². The van der Waals surface area contributed by atoms with Gasteiger partial charge in [0.2, 0.25) is 11.2 Å². The maximum Gasteiger partial charge on any atom is 0.318 e. The maximum atomic E-state index is 12.9. The molecule has 1 heterocycles. The van der Waals surface area contributed by atoms with E-state index in [1.54, 1.807) is 42.5 Å². The number of primary amides is 1. The lowest BCUT2D eigenvalue weighted by Crippen LogP contribution is -2.38. The van der Waals surface area contributed by atoms with Gasteiger partial charge in [-0.05, 0) is 24.6 Å². The molecular formula is C19H16N2O5. The van der Waals surface area contributed by atoms with E-state index >= 15 is 0 Å². The Labute approximate surface area is 148 Å². The molecule has 0 aliphatic heterocycles. The first-order valence-electron chi connectivity index (χ1n) is 7.80. The number of urea groups is 1. The average Bonchev–Trinajstić information content (AvgIpc) is 2.60. The molecule has 26 heavy (non-hydrogen) atoms. The van der Waals surface area contributed by atoms with Crippen LogP contribution in [0.3, 0.4) is 0 Å². The van der Waals surface area contributed by atoms with E-state index in [-0.39, 0.29) is 11.5 Å². The summed E-state index contributed by atoms with van der Waals surface area (Å²) < 4.78 is 11.3. The number of imide groups is 1. The molecule has 3 N–H and O–H groups in total. The topological polar surface area (TPSA) is 112 Å². The molecule has 3 rings (SSSR count). The molecule has 0 aliphatic carbocycles. The van der Waals surface area contributed by atoms with Gasteiger partial charge in [-0.15, -0.1) is 0 Å². The number of nitrogens with one attached hydrogen (secondary N) is 1. The third-order valence-corrected chi connectivity index (χ3v) is 3.65. The van der Waals surface area contributed by atoms with Gasteiger partial charge in [-0.2, -0.15) is 0 Å². The van der Waals surface area contributed by atoms with Crippen molar-refractivity contribution in [1.82, 2.24) is 5.32 Å². The van der Waals surface area contributed by atoms with Gasteiger partial charge >= 0.3 is 6.03 Å². The summed E-state index contributed by atoms with van der Waals surface area (Å²) in [7, 11) is 0. The number of aryl methyl sites for hydroxylation is 1. The van der Waals surface area contributed by atoms with Gasteiger partial charge in [0, 0.05) is 5.56 Å². The highest BCUT2D eigenvalue weighted by atomic mass is 16.5. The van der Waals surface area contributed by atoms with Gasteiger partial charge in [0.05, 0.1) is 5.39 Å². The number of rotatable bonds is 4. The summed E-state index contributed by atoms with van der Waals surface area (Å²) in [5, 5.41) is 2.21. The van der Waals surface area contributed by atoms with Crippen LogP contribution >= 0.6 is 0 Å². The Balaban J connectivity index is 2.11. The van der Waals surface area contributed by atoms with Gasteiger partial charge in [0.25, 0.3) is 5.91 Å². The fourth-order valence-corrected chi connectivity index (χ4v) is 2.51. The molecule has 3 aromatic rings. The van der Waals surface area contributed by atoms with E-state index < -0.39 is 24.0 Å². The molecule has 0 saturated carbocycles. The zero-order valence-electron chi connectivity index (χ0n) is 13.9. The van der Waals surface area contributed by atoms with Crippen LogP contribution in [0.5, 0.6) is 5.75 Å². The minimum atomic E-state index is -0.997. The molecule has 0 radical (unpaired) electrons. The normalized spacial score (nSPS) is 10.5. The van der Waals surface area contributed by atoms with Crippen molar-refractivity contribution in [1.29, 1.82) is 0 Å². The van der Waals surface area contributed by atoms with E-state index in [9.17, 15) is 14.4 Å². The molecule has 0 atom stereocenters. The summed E-state index contributed by atoms with van der Waals surface area (Å²) in [5.41, 5.74) is 6.47. The largest absolute Gasteiger partial charge is 0.476 e. The third kappa shape index (κ3) is 3.56. The van der Waals surface area contributed by atoms with Gasteiger partial charge in [0.1, 0.15) is 5.58 Å². The van der Waals surface area contributed by atoms with Crippen LogP contribution in [0.1, 0.15) is 5.56 Å². The predicted molar refractivity (Wildman–Crippen MR) is 95.9 cm³/mol. The molecule has 2 aromatic carbocycles. The first-order chi connectivity index (χ1) is 12.5. The molecule has 0 unspecified atom stereocenters. The standard InChI is InChI=1S/C19H16N2O5/c1-11-7-8-13-14(9-11)26-17(12-5-3-2-4-6-12)18(16(13)23)25-10-15(22)21-19(20)24/h2-9H,10H2,1H3,(H3,20,21,22,24). The fourth-order valence-electron chi connectivity index (χ4n) is 2.51. The Bertz CT molecular complexity index is 1040. The molecular weight excluding hydrogens is 336 g/mol. The van der Waals surface area contributed by atoms with E-state index in [4.69, 9.17) is 14.9 Å². The monoisotopic (exact) mass is 352 g/mol. The fraction of sp³-hybridized carbons (Fsp3) is 0.105. The van der Waals surface area contributed by atoms with Crippen LogP contribution < -0.4 is 21.2 Å². The first-order valence-corrected chi connectivity index (χ1v) is 7.80. The summed E-state index contributed by atoms with van der Waals surface area (Å²) >= 11 is 0.